The molecule has 0 aromatic carbocycles. The molecule has 0 spiro atoms. The third kappa shape index (κ3) is 2.58. The van der Waals surface area contributed by atoms with E-state index in [1.807, 2.05) is 29.8 Å². The molecule has 15 heavy (non-hydrogen) atoms. The normalized spacial score (nSPS) is 11.3. The van der Waals surface area contributed by atoms with Crippen LogP contribution in [0.25, 0.3) is 0 Å². The highest BCUT2D eigenvalue weighted by molar-refractivity contribution is 14.1. The summed E-state index contributed by atoms with van der Waals surface area (Å²) in [6.07, 6.45) is 2.93. The lowest BCUT2D eigenvalue weighted by atomic mass is 10.0. The lowest BCUT2D eigenvalue weighted by Gasteiger charge is -2.10. The third-order valence-corrected chi connectivity index (χ3v) is 2.47. The number of nitrogens with one attached hydrogen (secondary N) is 1. The van der Waals surface area contributed by atoms with Gasteiger partial charge in [0, 0.05) is 11.8 Å². The van der Waals surface area contributed by atoms with E-state index in [-0.39, 0.29) is 0 Å². The van der Waals surface area contributed by atoms with Gasteiger partial charge >= 0.3 is 0 Å². The minimum absolute atomic E-state index is 0.321. The van der Waals surface area contributed by atoms with Crippen LogP contribution in [0, 0.1) is 12.3 Å². The molecule has 80 valence electrons. The summed E-state index contributed by atoms with van der Waals surface area (Å²) in [6.45, 7) is 6.10. The Morgan fingerprint density at radius 3 is 2.53 bits per heavy atom. The lowest BCUT2D eigenvalue weighted by molar-refractivity contribution is 0.771. The quantitative estimate of drug-likeness (QED) is 0.688. The van der Waals surface area contributed by atoms with E-state index in [0.29, 0.717) is 11.6 Å². The maximum absolute atomic E-state index is 7.38. The summed E-state index contributed by atoms with van der Waals surface area (Å²) in [5.41, 5.74) is 3.41. The van der Waals surface area contributed by atoms with E-state index in [2.05, 4.69) is 27.3 Å². The minimum atomic E-state index is 0.321. The lowest BCUT2D eigenvalue weighted by Crippen LogP contribution is -2.08. The van der Waals surface area contributed by atoms with Crippen molar-refractivity contribution in [3.63, 3.8) is 0 Å². The molecule has 0 aliphatic heterocycles. The standard InChI is InChI=1S/C10H13IN4/c1-6(2)10-7(3)8(4-12)9(5-13-11)14-15-10/h4-6,12H,1-3H3. The Kier molecular flexibility index (Phi) is 4.31. The van der Waals surface area contributed by atoms with Crippen LogP contribution < -0.4 is 0 Å². The third-order valence-electron chi connectivity index (χ3n) is 2.19. The highest BCUT2D eigenvalue weighted by Gasteiger charge is 2.12. The Labute approximate surface area is 103 Å². The van der Waals surface area contributed by atoms with Crippen LogP contribution in [0.5, 0.6) is 0 Å². The zero-order valence-electron chi connectivity index (χ0n) is 8.95. The van der Waals surface area contributed by atoms with E-state index in [1.165, 1.54) is 6.21 Å². The van der Waals surface area contributed by atoms with Crippen molar-refractivity contribution >= 4 is 35.3 Å². The van der Waals surface area contributed by atoms with Crippen molar-refractivity contribution in [3.05, 3.63) is 22.5 Å². The molecule has 4 nitrogen and oxygen atoms in total. The summed E-state index contributed by atoms with van der Waals surface area (Å²) in [4.78, 5) is 0. The predicted octanol–water partition coefficient (Wildman–Crippen LogP) is 2.67. The molecular weight excluding hydrogens is 303 g/mol. The Hall–Kier alpha value is -0.850. The number of hydrogen-bond acceptors (Lipinski definition) is 4. The average Bonchev–Trinajstić information content (AvgIpc) is 2.18. The van der Waals surface area contributed by atoms with Crippen LogP contribution in [0.1, 0.15) is 42.3 Å². The molecule has 0 bridgehead atoms. The molecule has 0 unspecified atom stereocenters. The van der Waals surface area contributed by atoms with Crippen molar-refractivity contribution in [2.75, 3.05) is 0 Å². The maximum atomic E-state index is 7.38. The van der Waals surface area contributed by atoms with Gasteiger partial charge in [-0.25, -0.2) is 3.21 Å². The van der Waals surface area contributed by atoms with E-state index >= 15 is 0 Å². The second-order valence-corrected chi connectivity index (χ2v) is 4.09. The number of hydrogen-bond donors (Lipinski definition) is 1. The van der Waals surface area contributed by atoms with Crippen LogP contribution in [0.4, 0.5) is 0 Å². The van der Waals surface area contributed by atoms with Crippen LogP contribution in [0.3, 0.4) is 0 Å². The second kappa shape index (κ2) is 5.29. The molecule has 0 aliphatic rings. The van der Waals surface area contributed by atoms with E-state index in [0.717, 1.165) is 16.8 Å². The van der Waals surface area contributed by atoms with Gasteiger partial charge in [-0.05, 0) is 18.4 Å². The Morgan fingerprint density at radius 2 is 2.07 bits per heavy atom. The second-order valence-electron chi connectivity index (χ2n) is 3.53. The zero-order chi connectivity index (χ0) is 11.4. The van der Waals surface area contributed by atoms with Gasteiger partial charge in [0.1, 0.15) is 5.69 Å². The largest absolute Gasteiger partial charge is 0.308 e. The summed E-state index contributed by atoms with van der Waals surface area (Å²) in [5, 5.41) is 15.6. The summed E-state index contributed by atoms with van der Waals surface area (Å²) in [7, 11) is 0. The van der Waals surface area contributed by atoms with Crippen molar-refractivity contribution in [1.82, 2.24) is 10.2 Å². The molecule has 1 N–H and O–H groups in total. The highest BCUT2D eigenvalue weighted by Crippen LogP contribution is 2.19. The number of nitrogens with zero attached hydrogens (tertiary/aromatic N) is 3. The van der Waals surface area contributed by atoms with Crippen molar-refractivity contribution < 1.29 is 0 Å². The molecule has 1 aromatic heterocycles. The van der Waals surface area contributed by atoms with Crippen LogP contribution in [0.2, 0.25) is 0 Å². The molecule has 0 fully saturated rings. The van der Waals surface area contributed by atoms with Gasteiger partial charge in [-0.1, -0.05) is 13.8 Å². The van der Waals surface area contributed by atoms with Gasteiger partial charge in [-0.15, -0.1) is 5.10 Å². The zero-order valence-corrected chi connectivity index (χ0v) is 11.1. The van der Waals surface area contributed by atoms with Gasteiger partial charge in [-0.2, -0.15) is 5.10 Å². The Balaban J connectivity index is 3.38. The summed E-state index contributed by atoms with van der Waals surface area (Å²) < 4.78 is 3.87. The first-order valence-corrected chi connectivity index (χ1v) is 5.60. The smallest absolute Gasteiger partial charge is 0.113 e. The van der Waals surface area contributed by atoms with Crippen molar-refractivity contribution in [3.8, 4) is 0 Å². The minimum Gasteiger partial charge on any atom is -0.308 e. The fraction of sp³-hybridized carbons (Fsp3) is 0.400. The van der Waals surface area contributed by atoms with E-state index < -0.39 is 0 Å². The molecule has 0 saturated carbocycles. The predicted molar refractivity (Wildman–Crippen MR) is 70.4 cm³/mol. The fourth-order valence-corrected chi connectivity index (χ4v) is 1.70. The van der Waals surface area contributed by atoms with Crippen molar-refractivity contribution in [2.45, 2.75) is 26.7 Å². The van der Waals surface area contributed by atoms with E-state index in [1.54, 1.807) is 6.21 Å². The molecule has 1 heterocycles. The van der Waals surface area contributed by atoms with Crippen molar-refractivity contribution in [2.24, 2.45) is 3.21 Å². The summed E-state index contributed by atoms with van der Waals surface area (Å²) >= 11 is 1.88. The summed E-state index contributed by atoms with van der Waals surface area (Å²) in [6, 6.07) is 0. The summed E-state index contributed by atoms with van der Waals surface area (Å²) in [5.74, 6) is 0.321. The van der Waals surface area contributed by atoms with E-state index in [9.17, 15) is 0 Å². The fourth-order valence-electron chi connectivity index (χ4n) is 1.44. The Morgan fingerprint density at radius 1 is 1.40 bits per heavy atom. The van der Waals surface area contributed by atoms with Gasteiger partial charge in [0.05, 0.1) is 34.8 Å². The molecule has 1 aromatic rings. The van der Waals surface area contributed by atoms with Gasteiger partial charge in [0.15, 0.2) is 0 Å². The van der Waals surface area contributed by atoms with Gasteiger partial charge < -0.3 is 5.41 Å². The molecule has 0 amide bonds. The first-order valence-electron chi connectivity index (χ1n) is 4.63. The number of rotatable bonds is 3. The molecule has 1 rings (SSSR count). The number of halogens is 1. The van der Waals surface area contributed by atoms with Gasteiger partial charge in [-0.3, -0.25) is 0 Å². The first kappa shape index (κ1) is 12.2. The van der Waals surface area contributed by atoms with Crippen molar-refractivity contribution in [1.29, 1.82) is 5.41 Å². The molecule has 0 radical (unpaired) electrons. The number of aromatic nitrogens is 2. The van der Waals surface area contributed by atoms with Crippen LogP contribution >= 0.6 is 22.9 Å². The Bertz CT molecular complexity index is 399. The first-order chi connectivity index (χ1) is 7.11. The van der Waals surface area contributed by atoms with Crippen LogP contribution in [-0.2, 0) is 0 Å². The molecule has 0 aliphatic carbocycles. The monoisotopic (exact) mass is 316 g/mol. The van der Waals surface area contributed by atoms with Gasteiger partial charge in [0.25, 0.3) is 0 Å². The topological polar surface area (TPSA) is 62.0 Å². The maximum Gasteiger partial charge on any atom is 0.113 e. The highest BCUT2D eigenvalue weighted by atomic mass is 127. The molecule has 0 atom stereocenters. The molecule has 5 heteroatoms. The SMILES string of the molecule is Cc1c(C(C)C)nnc(C=NI)c1C=N. The average molecular weight is 316 g/mol. The molecular formula is C10H13IN4. The van der Waals surface area contributed by atoms with Crippen LogP contribution in [0.15, 0.2) is 3.21 Å². The van der Waals surface area contributed by atoms with Crippen LogP contribution in [-0.4, -0.2) is 22.6 Å². The van der Waals surface area contributed by atoms with Gasteiger partial charge in [0.2, 0.25) is 0 Å². The molecule has 0 saturated heterocycles. The van der Waals surface area contributed by atoms with E-state index in [4.69, 9.17) is 5.41 Å².